The number of amides is 1. The second-order valence-electron chi connectivity index (χ2n) is 9.12. The van der Waals surface area contributed by atoms with Crippen molar-refractivity contribution in [2.24, 2.45) is 11.3 Å². The molecule has 2 rings (SSSR count). The van der Waals surface area contributed by atoms with Crippen LogP contribution in [0.3, 0.4) is 0 Å². The van der Waals surface area contributed by atoms with E-state index in [1.807, 2.05) is 35.2 Å². The van der Waals surface area contributed by atoms with Gasteiger partial charge in [0.25, 0.3) is 0 Å². The van der Waals surface area contributed by atoms with Crippen molar-refractivity contribution in [3.63, 3.8) is 0 Å². The van der Waals surface area contributed by atoms with E-state index in [0.717, 1.165) is 24.4 Å². The van der Waals surface area contributed by atoms with Gasteiger partial charge in [-0.2, -0.15) is 0 Å². The molecule has 0 bridgehead atoms. The lowest BCUT2D eigenvalue weighted by atomic mass is 9.84. The topological polar surface area (TPSA) is 34.5 Å². The van der Waals surface area contributed by atoms with Gasteiger partial charge in [-0.3, -0.25) is 4.79 Å². The van der Waals surface area contributed by atoms with Gasteiger partial charge in [-0.1, -0.05) is 45.9 Å². The Kier molecular flexibility index (Phi) is 8.12. The largest absolute Gasteiger partial charge is 0.497 e. The van der Waals surface area contributed by atoms with E-state index >= 15 is 0 Å². The third-order valence-electron chi connectivity index (χ3n) is 4.95. The molecule has 2 aromatic rings. The number of carbonyl (C=O) groups is 1. The van der Waals surface area contributed by atoms with E-state index in [1.165, 1.54) is 5.56 Å². The van der Waals surface area contributed by atoms with Crippen LogP contribution in [0.25, 0.3) is 0 Å². The number of nitrogens with zero attached hydrogens (tertiary/aromatic N) is 2. The van der Waals surface area contributed by atoms with Crippen LogP contribution < -0.4 is 4.74 Å². The van der Waals surface area contributed by atoms with Crippen molar-refractivity contribution in [1.29, 1.82) is 0 Å². The third kappa shape index (κ3) is 7.45. The number of carbonyl (C=O) groups excluding carboxylic acids is 1. The van der Waals surface area contributed by atoms with Crippen LogP contribution in [0.15, 0.2) is 55.3 Å². The zero-order valence-corrected chi connectivity index (χ0v) is 18.6. The molecule has 0 fully saturated rings. The normalized spacial score (nSPS) is 12.4. The molecule has 1 aromatic carbocycles. The third-order valence-corrected chi connectivity index (χ3v) is 4.95. The fourth-order valence-electron chi connectivity index (χ4n) is 3.87. The molecule has 4 nitrogen and oxygen atoms in total. The van der Waals surface area contributed by atoms with Crippen molar-refractivity contribution in [3.8, 4) is 5.75 Å². The van der Waals surface area contributed by atoms with Gasteiger partial charge in [0.1, 0.15) is 5.75 Å². The summed E-state index contributed by atoms with van der Waals surface area (Å²) in [5, 5.41) is 0. The van der Waals surface area contributed by atoms with Crippen molar-refractivity contribution in [3.05, 3.63) is 66.5 Å². The fraction of sp³-hybridized carbons (Fsp3) is 0.480. The standard InChI is InChI=1S/C25H36N2O2/c1-7-13-27(24(28)15-20(2)17-25(3,4)5)19-22-11-9-14-26(22)18-21-10-8-12-23(16-21)29-6/h7-12,14,16,20H,1,13,15,17-19H2,2-6H3. The summed E-state index contributed by atoms with van der Waals surface area (Å²) in [6.07, 6.45) is 5.48. The summed E-state index contributed by atoms with van der Waals surface area (Å²) >= 11 is 0. The molecular formula is C25H36N2O2. The maximum absolute atomic E-state index is 13.0. The molecule has 0 N–H and O–H groups in total. The van der Waals surface area contributed by atoms with Crippen LogP contribution in [0.5, 0.6) is 5.75 Å². The average Bonchev–Trinajstić information content (AvgIpc) is 3.06. The van der Waals surface area contributed by atoms with Gasteiger partial charge in [0.2, 0.25) is 5.91 Å². The molecule has 1 heterocycles. The van der Waals surface area contributed by atoms with Crippen LogP contribution in [0.2, 0.25) is 0 Å². The molecule has 4 heteroatoms. The summed E-state index contributed by atoms with van der Waals surface area (Å²) in [6.45, 7) is 14.6. The first-order valence-corrected chi connectivity index (χ1v) is 10.4. The molecule has 0 aliphatic carbocycles. The number of aromatic nitrogens is 1. The summed E-state index contributed by atoms with van der Waals surface area (Å²) in [5.41, 5.74) is 2.52. The molecule has 1 unspecified atom stereocenters. The molecule has 1 amide bonds. The maximum Gasteiger partial charge on any atom is 0.223 e. The van der Waals surface area contributed by atoms with Crippen LogP contribution in [-0.4, -0.2) is 29.0 Å². The van der Waals surface area contributed by atoms with Gasteiger partial charge in [-0.05, 0) is 47.6 Å². The number of hydrogen-bond donors (Lipinski definition) is 0. The first kappa shape index (κ1) is 22.8. The zero-order valence-electron chi connectivity index (χ0n) is 18.6. The van der Waals surface area contributed by atoms with Gasteiger partial charge in [-0.25, -0.2) is 0 Å². The van der Waals surface area contributed by atoms with E-state index in [4.69, 9.17) is 4.74 Å². The minimum absolute atomic E-state index is 0.191. The van der Waals surface area contributed by atoms with E-state index < -0.39 is 0 Å². The minimum Gasteiger partial charge on any atom is -0.497 e. The molecule has 1 atom stereocenters. The van der Waals surface area contributed by atoms with Crippen LogP contribution in [-0.2, 0) is 17.9 Å². The Bertz CT molecular complexity index is 801. The molecule has 0 spiro atoms. The maximum atomic E-state index is 13.0. The summed E-state index contributed by atoms with van der Waals surface area (Å²) in [5.74, 6) is 1.40. The lowest BCUT2D eigenvalue weighted by Gasteiger charge is -2.27. The van der Waals surface area contributed by atoms with Gasteiger partial charge in [0.15, 0.2) is 0 Å². The lowest BCUT2D eigenvalue weighted by molar-refractivity contribution is -0.132. The Balaban J connectivity index is 2.08. The van der Waals surface area contributed by atoms with Gasteiger partial charge in [0, 0.05) is 31.4 Å². The quantitative estimate of drug-likeness (QED) is 0.495. The van der Waals surface area contributed by atoms with Gasteiger partial charge >= 0.3 is 0 Å². The SMILES string of the molecule is C=CCN(Cc1cccn1Cc1cccc(OC)c1)C(=O)CC(C)CC(C)(C)C. The molecule has 158 valence electrons. The van der Waals surface area contributed by atoms with E-state index in [1.54, 1.807) is 7.11 Å². The Morgan fingerprint density at radius 2 is 2.03 bits per heavy atom. The number of benzene rings is 1. The summed E-state index contributed by atoms with van der Waals surface area (Å²) in [4.78, 5) is 14.9. The lowest BCUT2D eigenvalue weighted by Crippen LogP contribution is -2.33. The average molecular weight is 397 g/mol. The first-order chi connectivity index (χ1) is 13.7. The Labute approximate surface area is 176 Å². The predicted molar refractivity (Wildman–Crippen MR) is 120 cm³/mol. The first-order valence-electron chi connectivity index (χ1n) is 10.4. The van der Waals surface area contributed by atoms with Crippen molar-refractivity contribution >= 4 is 5.91 Å². The van der Waals surface area contributed by atoms with Crippen LogP contribution in [0.4, 0.5) is 0 Å². The molecule has 0 aliphatic heterocycles. The highest BCUT2D eigenvalue weighted by Gasteiger charge is 2.21. The molecule has 1 aromatic heterocycles. The van der Waals surface area contributed by atoms with Gasteiger partial charge < -0.3 is 14.2 Å². The second kappa shape index (κ2) is 10.3. The van der Waals surface area contributed by atoms with Crippen LogP contribution in [0, 0.1) is 11.3 Å². The van der Waals surface area contributed by atoms with Crippen molar-refractivity contribution in [2.45, 2.75) is 53.6 Å². The van der Waals surface area contributed by atoms with Gasteiger partial charge in [-0.15, -0.1) is 6.58 Å². The van der Waals surface area contributed by atoms with Crippen molar-refractivity contribution in [2.75, 3.05) is 13.7 Å². The van der Waals surface area contributed by atoms with Crippen molar-refractivity contribution < 1.29 is 9.53 Å². The van der Waals surface area contributed by atoms with Crippen molar-refractivity contribution in [1.82, 2.24) is 9.47 Å². The Hall–Kier alpha value is -2.49. The Morgan fingerprint density at radius 1 is 1.28 bits per heavy atom. The molecule has 0 saturated heterocycles. The van der Waals surface area contributed by atoms with Gasteiger partial charge in [0.05, 0.1) is 13.7 Å². The minimum atomic E-state index is 0.191. The number of methoxy groups -OCH3 is 1. The Morgan fingerprint density at radius 3 is 2.69 bits per heavy atom. The highest BCUT2D eigenvalue weighted by atomic mass is 16.5. The summed E-state index contributed by atoms with van der Waals surface area (Å²) < 4.78 is 7.52. The molecule has 0 saturated carbocycles. The monoisotopic (exact) mass is 396 g/mol. The van der Waals surface area contributed by atoms with Crippen LogP contribution in [0.1, 0.15) is 51.8 Å². The van der Waals surface area contributed by atoms with E-state index in [0.29, 0.717) is 25.4 Å². The number of hydrogen-bond acceptors (Lipinski definition) is 2. The molecular weight excluding hydrogens is 360 g/mol. The van der Waals surface area contributed by atoms with E-state index in [2.05, 4.69) is 57.2 Å². The summed E-state index contributed by atoms with van der Waals surface area (Å²) in [6, 6.07) is 12.2. The fourth-order valence-corrected chi connectivity index (χ4v) is 3.87. The molecule has 0 radical (unpaired) electrons. The predicted octanol–water partition coefficient (Wildman–Crippen LogP) is 5.52. The molecule has 0 aliphatic rings. The number of rotatable bonds is 10. The van der Waals surface area contributed by atoms with E-state index in [-0.39, 0.29) is 11.3 Å². The zero-order chi connectivity index (χ0) is 21.4. The van der Waals surface area contributed by atoms with E-state index in [9.17, 15) is 4.79 Å². The number of ether oxygens (including phenoxy) is 1. The highest BCUT2D eigenvalue weighted by molar-refractivity contribution is 5.76. The second-order valence-corrected chi connectivity index (χ2v) is 9.12. The summed E-state index contributed by atoms with van der Waals surface area (Å²) in [7, 11) is 1.68. The molecule has 29 heavy (non-hydrogen) atoms. The highest BCUT2D eigenvalue weighted by Crippen LogP contribution is 2.26. The smallest absolute Gasteiger partial charge is 0.223 e. The van der Waals surface area contributed by atoms with Crippen LogP contribution >= 0.6 is 0 Å².